The second kappa shape index (κ2) is 4.66. The van der Waals surface area contributed by atoms with Crippen molar-refractivity contribution in [2.24, 2.45) is 5.73 Å². The number of ether oxygens (including phenoxy) is 1. The number of nitrogens with zero attached hydrogens (tertiary/aromatic N) is 2. The van der Waals surface area contributed by atoms with E-state index < -0.39 is 0 Å². The molecule has 0 aliphatic carbocycles. The number of fused-ring (bicyclic) bond motifs is 1. The molecule has 5 heteroatoms. The van der Waals surface area contributed by atoms with Gasteiger partial charge in [-0.3, -0.25) is 0 Å². The fourth-order valence-electron chi connectivity index (χ4n) is 2.09. The van der Waals surface area contributed by atoms with Crippen LogP contribution in [0.2, 0.25) is 0 Å². The number of hydrogen-bond donors (Lipinski definition) is 1. The van der Waals surface area contributed by atoms with Crippen LogP contribution in [0.15, 0.2) is 22.7 Å². The van der Waals surface area contributed by atoms with Crippen LogP contribution < -0.4 is 10.5 Å². The summed E-state index contributed by atoms with van der Waals surface area (Å²) in [6, 6.07) is 5.97. The highest BCUT2D eigenvalue weighted by atomic mass is 16.5. The molecule has 5 nitrogen and oxygen atoms in total. The summed E-state index contributed by atoms with van der Waals surface area (Å²) in [6.45, 7) is 4.66. The van der Waals surface area contributed by atoms with Crippen LogP contribution in [-0.4, -0.2) is 22.8 Å². The van der Waals surface area contributed by atoms with E-state index in [1.54, 1.807) is 0 Å². The largest absolute Gasteiger partial charge is 0.493 e. The molecule has 2 heterocycles. The zero-order chi connectivity index (χ0) is 13.4. The van der Waals surface area contributed by atoms with Crippen molar-refractivity contribution in [1.82, 2.24) is 10.1 Å². The summed E-state index contributed by atoms with van der Waals surface area (Å²) in [5.74, 6) is 2.20. The van der Waals surface area contributed by atoms with Crippen LogP contribution in [0.5, 0.6) is 5.75 Å². The van der Waals surface area contributed by atoms with Crippen molar-refractivity contribution in [1.29, 1.82) is 0 Å². The molecule has 0 spiro atoms. The summed E-state index contributed by atoms with van der Waals surface area (Å²) in [7, 11) is 0. The van der Waals surface area contributed by atoms with Gasteiger partial charge < -0.3 is 15.0 Å². The summed E-state index contributed by atoms with van der Waals surface area (Å²) >= 11 is 0. The molecule has 2 aromatic rings. The molecule has 0 fully saturated rings. The highest BCUT2D eigenvalue weighted by Crippen LogP contribution is 2.30. The third-order valence-electron chi connectivity index (χ3n) is 3.57. The number of nitrogens with two attached hydrogens (primary N) is 1. The molecule has 0 saturated heterocycles. The van der Waals surface area contributed by atoms with Gasteiger partial charge in [0, 0.05) is 18.0 Å². The first-order valence-corrected chi connectivity index (χ1v) is 6.50. The van der Waals surface area contributed by atoms with Gasteiger partial charge >= 0.3 is 0 Å². The van der Waals surface area contributed by atoms with Crippen molar-refractivity contribution in [3.63, 3.8) is 0 Å². The maximum atomic E-state index is 5.85. The molecule has 0 amide bonds. The van der Waals surface area contributed by atoms with E-state index in [-0.39, 0.29) is 12.0 Å². The van der Waals surface area contributed by atoms with E-state index >= 15 is 0 Å². The fourth-order valence-corrected chi connectivity index (χ4v) is 2.09. The van der Waals surface area contributed by atoms with Gasteiger partial charge in [0.15, 0.2) is 0 Å². The van der Waals surface area contributed by atoms with Gasteiger partial charge in [0.2, 0.25) is 11.7 Å². The van der Waals surface area contributed by atoms with Gasteiger partial charge in [-0.1, -0.05) is 12.1 Å². The van der Waals surface area contributed by atoms with Crippen molar-refractivity contribution < 1.29 is 9.26 Å². The third-order valence-corrected chi connectivity index (χ3v) is 3.57. The minimum Gasteiger partial charge on any atom is -0.493 e. The van der Waals surface area contributed by atoms with Crippen LogP contribution in [0.3, 0.4) is 0 Å². The molecule has 1 aliphatic heterocycles. The fraction of sp³-hybridized carbons (Fsp3) is 0.429. The Labute approximate surface area is 111 Å². The zero-order valence-corrected chi connectivity index (χ0v) is 11.1. The van der Waals surface area contributed by atoms with Crippen LogP contribution in [-0.2, 0) is 6.42 Å². The minimum atomic E-state index is -0.0123. The van der Waals surface area contributed by atoms with Crippen LogP contribution in [0, 0.1) is 0 Å². The second-order valence-corrected chi connectivity index (χ2v) is 5.02. The zero-order valence-electron chi connectivity index (χ0n) is 11.1. The minimum absolute atomic E-state index is 0.0123. The summed E-state index contributed by atoms with van der Waals surface area (Å²) in [6.07, 6.45) is 0.935. The molecule has 0 bridgehead atoms. The van der Waals surface area contributed by atoms with E-state index in [4.69, 9.17) is 15.0 Å². The smallest absolute Gasteiger partial charge is 0.231 e. The summed E-state index contributed by atoms with van der Waals surface area (Å²) in [5, 5.41) is 4.03. The quantitative estimate of drug-likeness (QED) is 0.913. The van der Waals surface area contributed by atoms with E-state index in [9.17, 15) is 0 Å². The van der Waals surface area contributed by atoms with Crippen molar-refractivity contribution in [3.8, 4) is 17.1 Å². The maximum absolute atomic E-state index is 5.85. The van der Waals surface area contributed by atoms with Gasteiger partial charge in [-0.25, -0.2) is 0 Å². The Morgan fingerprint density at radius 1 is 1.32 bits per heavy atom. The second-order valence-electron chi connectivity index (χ2n) is 5.02. The Kier molecular flexibility index (Phi) is 2.98. The Balaban J connectivity index is 1.90. The number of aromatic nitrogens is 2. The van der Waals surface area contributed by atoms with Gasteiger partial charge in [0.25, 0.3) is 0 Å². The number of hydrogen-bond acceptors (Lipinski definition) is 5. The Morgan fingerprint density at radius 3 is 2.95 bits per heavy atom. The van der Waals surface area contributed by atoms with Crippen molar-refractivity contribution in [2.75, 3.05) is 6.61 Å². The number of rotatable bonds is 3. The van der Waals surface area contributed by atoms with Gasteiger partial charge in [0.05, 0.1) is 12.5 Å². The Morgan fingerprint density at radius 2 is 2.16 bits per heavy atom. The van der Waals surface area contributed by atoms with Crippen LogP contribution in [0.1, 0.15) is 31.2 Å². The molecule has 0 radical (unpaired) electrons. The summed E-state index contributed by atoms with van der Waals surface area (Å²) in [5.41, 5.74) is 8.00. The average Bonchev–Trinajstić information content (AvgIpc) is 3.05. The average molecular weight is 259 g/mol. The molecule has 2 atom stereocenters. The standard InChI is InChI=1S/C14H17N3O2/c1-8(9(2)15)14-16-13(17-19-14)11-3-4-12-10(7-11)5-6-18-12/h3-4,7-9H,5-6,15H2,1-2H3. The molecule has 1 aromatic heterocycles. The molecule has 1 aromatic carbocycles. The van der Waals surface area contributed by atoms with Crippen LogP contribution >= 0.6 is 0 Å². The van der Waals surface area contributed by atoms with Gasteiger partial charge in [-0.2, -0.15) is 4.98 Å². The van der Waals surface area contributed by atoms with Gasteiger partial charge in [-0.15, -0.1) is 0 Å². The lowest BCUT2D eigenvalue weighted by Crippen LogP contribution is -2.22. The topological polar surface area (TPSA) is 74.2 Å². The highest BCUT2D eigenvalue weighted by molar-refractivity contribution is 5.59. The summed E-state index contributed by atoms with van der Waals surface area (Å²) < 4.78 is 10.8. The first kappa shape index (κ1) is 12.2. The monoisotopic (exact) mass is 259 g/mol. The van der Waals surface area contributed by atoms with E-state index in [2.05, 4.69) is 16.2 Å². The number of benzene rings is 1. The molecule has 1 aliphatic rings. The van der Waals surface area contributed by atoms with Crippen LogP contribution in [0.4, 0.5) is 0 Å². The third kappa shape index (κ3) is 2.21. The predicted molar refractivity (Wildman–Crippen MR) is 71.0 cm³/mol. The lowest BCUT2D eigenvalue weighted by atomic mass is 10.1. The Bertz CT molecular complexity index is 592. The molecule has 19 heavy (non-hydrogen) atoms. The highest BCUT2D eigenvalue weighted by Gasteiger charge is 2.19. The molecule has 3 rings (SSSR count). The Hall–Kier alpha value is -1.88. The van der Waals surface area contributed by atoms with E-state index in [0.29, 0.717) is 11.7 Å². The lowest BCUT2D eigenvalue weighted by Gasteiger charge is -2.09. The molecule has 100 valence electrons. The van der Waals surface area contributed by atoms with Crippen molar-refractivity contribution >= 4 is 0 Å². The molecule has 2 unspecified atom stereocenters. The van der Waals surface area contributed by atoms with Gasteiger partial charge in [-0.05, 0) is 30.7 Å². The molecular weight excluding hydrogens is 242 g/mol. The molecule has 0 saturated carbocycles. The molecular formula is C14H17N3O2. The van der Waals surface area contributed by atoms with Gasteiger partial charge in [0.1, 0.15) is 5.75 Å². The van der Waals surface area contributed by atoms with E-state index in [1.165, 1.54) is 5.56 Å². The van der Waals surface area contributed by atoms with Crippen LogP contribution in [0.25, 0.3) is 11.4 Å². The van der Waals surface area contributed by atoms with E-state index in [1.807, 2.05) is 26.0 Å². The molecule has 2 N–H and O–H groups in total. The first-order chi connectivity index (χ1) is 9.15. The van der Waals surface area contributed by atoms with E-state index in [0.717, 1.165) is 24.3 Å². The SMILES string of the molecule is CC(N)C(C)c1nc(-c2ccc3c(c2)CCO3)no1. The predicted octanol–water partition coefficient (Wildman–Crippen LogP) is 2.12. The van der Waals surface area contributed by atoms with Crippen molar-refractivity contribution in [3.05, 3.63) is 29.7 Å². The first-order valence-electron chi connectivity index (χ1n) is 6.50. The maximum Gasteiger partial charge on any atom is 0.231 e. The summed E-state index contributed by atoms with van der Waals surface area (Å²) in [4.78, 5) is 4.43. The lowest BCUT2D eigenvalue weighted by molar-refractivity contribution is 0.346. The normalized spacial score (nSPS) is 16.8. The van der Waals surface area contributed by atoms with Crippen molar-refractivity contribution in [2.45, 2.75) is 32.2 Å².